The summed E-state index contributed by atoms with van der Waals surface area (Å²) in [5.74, 6) is 0.521. The first kappa shape index (κ1) is 15.9. The van der Waals surface area contributed by atoms with Gasteiger partial charge in [-0.2, -0.15) is 5.10 Å². The van der Waals surface area contributed by atoms with Crippen molar-refractivity contribution in [1.82, 2.24) is 9.97 Å². The second-order valence-corrected chi connectivity index (χ2v) is 5.73. The maximum absolute atomic E-state index is 4.39. The fraction of sp³-hybridized carbons (Fsp3) is 0.150. The van der Waals surface area contributed by atoms with Gasteiger partial charge in [-0.1, -0.05) is 54.6 Å². The number of anilines is 1. The summed E-state index contributed by atoms with van der Waals surface area (Å²) in [6, 6.07) is 20.6. The van der Waals surface area contributed by atoms with Crippen molar-refractivity contribution in [1.29, 1.82) is 0 Å². The van der Waals surface area contributed by atoms with E-state index >= 15 is 0 Å². The lowest BCUT2D eigenvalue weighted by molar-refractivity contribution is 1.03. The standard InChI is InChI=1S/C20H20N4/c1-14-13-15(2)22-20(21-14)24-23-16(3)17-9-11-19(12-10-17)18-7-5-4-6-8-18/h4-13H,1-3H3,(H,21,22,24)/b23-16+. The van der Waals surface area contributed by atoms with Crippen LogP contribution in [0.4, 0.5) is 5.95 Å². The molecule has 0 saturated heterocycles. The summed E-state index contributed by atoms with van der Waals surface area (Å²) < 4.78 is 0. The van der Waals surface area contributed by atoms with Crippen molar-refractivity contribution in [3.8, 4) is 11.1 Å². The highest BCUT2D eigenvalue weighted by Crippen LogP contribution is 2.19. The van der Waals surface area contributed by atoms with Crippen LogP contribution in [0, 0.1) is 13.8 Å². The van der Waals surface area contributed by atoms with Gasteiger partial charge in [0.25, 0.3) is 0 Å². The number of hydrogen-bond acceptors (Lipinski definition) is 4. The molecular formula is C20H20N4. The van der Waals surface area contributed by atoms with Crippen molar-refractivity contribution in [3.05, 3.63) is 77.6 Å². The molecule has 0 fully saturated rings. The Balaban J connectivity index is 1.76. The van der Waals surface area contributed by atoms with Gasteiger partial charge in [0.1, 0.15) is 0 Å². The number of hydrazone groups is 1. The van der Waals surface area contributed by atoms with Crippen LogP contribution < -0.4 is 5.43 Å². The second-order valence-electron chi connectivity index (χ2n) is 5.73. The maximum atomic E-state index is 4.39. The van der Waals surface area contributed by atoms with Gasteiger partial charge in [0.2, 0.25) is 5.95 Å². The van der Waals surface area contributed by atoms with Crippen LogP contribution in [0.25, 0.3) is 11.1 Å². The van der Waals surface area contributed by atoms with Crippen molar-refractivity contribution in [3.63, 3.8) is 0 Å². The topological polar surface area (TPSA) is 50.2 Å². The Hall–Kier alpha value is -3.01. The first-order chi connectivity index (χ1) is 11.6. The Morgan fingerprint density at radius 3 is 2.04 bits per heavy atom. The number of hydrogen-bond donors (Lipinski definition) is 1. The molecule has 2 aromatic carbocycles. The molecule has 3 rings (SSSR count). The molecule has 0 aliphatic rings. The third-order valence-electron chi connectivity index (χ3n) is 3.72. The van der Waals surface area contributed by atoms with Crippen LogP contribution in [0.1, 0.15) is 23.9 Å². The van der Waals surface area contributed by atoms with Gasteiger partial charge in [0, 0.05) is 11.4 Å². The number of nitrogens with one attached hydrogen (secondary N) is 1. The van der Waals surface area contributed by atoms with Gasteiger partial charge >= 0.3 is 0 Å². The lowest BCUT2D eigenvalue weighted by atomic mass is 10.0. The molecule has 3 aromatic rings. The Morgan fingerprint density at radius 1 is 0.833 bits per heavy atom. The lowest BCUT2D eigenvalue weighted by Gasteiger charge is -2.06. The number of aromatic nitrogens is 2. The quantitative estimate of drug-likeness (QED) is 0.565. The fourth-order valence-corrected chi connectivity index (χ4v) is 2.51. The number of rotatable bonds is 4. The van der Waals surface area contributed by atoms with Gasteiger partial charge in [0.15, 0.2) is 0 Å². The van der Waals surface area contributed by atoms with Gasteiger partial charge < -0.3 is 0 Å². The van der Waals surface area contributed by atoms with E-state index in [0.717, 1.165) is 22.7 Å². The Labute approximate surface area is 142 Å². The van der Waals surface area contributed by atoms with Gasteiger partial charge in [-0.3, -0.25) is 0 Å². The first-order valence-corrected chi connectivity index (χ1v) is 7.90. The van der Waals surface area contributed by atoms with Crippen molar-refractivity contribution >= 4 is 11.7 Å². The zero-order chi connectivity index (χ0) is 16.9. The summed E-state index contributed by atoms with van der Waals surface area (Å²) in [6.45, 7) is 5.85. The number of nitrogens with zero attached hydrogens (tertiary/aromatic N) is 3. The molecule has 1 aromatic heterocycles. The van der Waals surface area contributed by atoms with Crippen LogP contribution in [0.3, 0.4) is 0 Å². The van der Waals surface area contributed by atoms with Crippen molar-refractivity contribution in [2.45, 2.75) is 20.8 Å². The Kier molecular flexibility index (Phi) is 4.66. The molecule has 0 spiro atoms. The highest BCUT2D eigenvalue weighted by molar-refractivity contribution is 5.99. The predicted octanol–water partition coefficient (Wildman–Crippen LogP) is 4.60. The molecule has 0 unspecified atom stereocenters. The maximum Gasteiger partial charge on any atom is 0.243 e. The van der Waals surface area contributed by atoms with Gasteiger partial charge in [0.05, 0.1) is 5.71 Å². The SMILES string of the molecule is C/C(=N\Nc1nc(C)cc(C)n1)c1ccc(-c2ccccc2)cc1. The molecule has 1 N–H and O–H groups in total. The smallest absolute Gasteiger partial charge is 0.243 e. The van der Waals surface area contributed by atoms with E-state index in [1.807, 2.05) is 45.0 Å². The van der Waals surface area contributed by atoms with Crippen molar-refractivity contribution < 1.29 is 0 Å². The summed E-state index contributed by atoms with van der Waals surface area (Å²) in [5, 5.41) is 4.39. The molecule has 1 heterocycles. The van der Waals surface area contributed by atoms with Crippen molar-refractivity contribution in [2.75, 3.05) is 5.43 Å². The van der Waals surface area contributed by atoms with E-state index in [2.05, 4.69) is 56.9 Å². The number of aryl methyl sites for hydroxylation is 2. The van der Waals surface area contributed by atoms with Crippen LogP contribution in [-0.2, 0) is 0 Å². The molecular weight excluding hydrogens is 296 g/mol. The molecule has 0 radical (unpaired) electrons. The summed E-state index contributed by atoms with van der Waals surface area (Å²) in [6.07, 6.45) is 0. The predicted molar refractivity (Wildman–Crippen MR) is 99.2 cm³/mol. The Bertz CT molecular complexity index is 832. The van der Waals surface area contributed by atoms with E-state index in [9.17, 15) is 0 Å². The monoisotopic (exact) mass is 316 g/mol. The van der Waals surface area contributed by atoms with Gasteiger partial charge in [-0.25, -0.2) is 15.4 Å². The molecule has 0 aliphatic heterocycles. The third kappa shape index (κ3) is 3.84. The van der Waals surface area contributed by atoms with Gasteiger partial charge in [-0.05, 0) is 43.5 Å². The van der Waals surface area contributed by atoms with Crippen LogP contribution in [0.2, 0.25) is 0 Å². The molecule has 4 nitrogen and oxygen atoms in total. The second kappa shape index (κ2) is 7.04. The summed E-state index contributed by atoms with van der Waals surface area (Å²) in [5.41, 5.74) is 9.13. The van der Waals surface area contributed by atoms with Gasteiger partial charge in [-0.15, -0.1) is 0 Å². The minimum Gasteiger partial charge on any atom is -0.245 e. The molecule has 0 aliphatic carbocycles. The summed E-state index contributed by atoms with van der Waals surface area (Å²) in [7, 11) is 0. The largest absolute Gasteiger partial charge is 0.245 e. The van der Waals surface area contributed by atoms with Crippen LogP contribution in [0.5, 0.6) is 0 Å². The zero-order valence-corrected chi connectivity index (χ0v) is 14.1. The average molecular weight is 316 g/mol. The molecule has 0 saturated carbocycles. The zero-order valence-electron chi connectivity index (χ0n) is 14.1. The van der Waals surface area contributed by atoms with E-state index in [1.54, 1.807) is 0 Å². The average Bonchev–Trinajstić information content (AvgIpc) is 2.60. The molecule has 0 atom stereocenters. The molecule has 0 bridgehead atoms. The van der Waals surface area contributed by atoms with E-state index in [4.69, 9.17) is 0 Å². The first-order valence-electron chi connectivity index (χ1n) is 7.90. The number of benzene rings is 2. The van der Waals surface area contributed by atoms with E-state index in [1.165, 1.54) is 11.1 Å². The molecule has 120 valence electrons. The minimum absolute atomic E-state index is 0.521. The van der Waals surface area contributed by atoms with E-state index in [-0.39, 0.29) is 0 Å². The normalized spacial score (nSPS) is 11.4. The Morgan fingerprint density at radius 2 is 1.42 bits per heavy atom. The van der Waals surface area contributed by atoms with E-state index < -0.39 is 0 Å². The van der Waals surface area contributed by atoms with Crippen LogP contribution in [0.15, 0.2) is 65.8 Å². The molecule has 24 heavy (non-hydrogen) atoms. The van der Waals surface area contributed by atoms with Crippen molar-refractivity contribution in [2.24, 2.45) is 5.10 Å². The van der Waals surface area contributed by atoms with Crippen LogP contribution >= 0.6 is 0 Å². The highest BCUT2D eigenvalue weighted by Gasteiger charge is 2.02. The summed E-state index contributed by atoms with van der Waals surface area (Å²) in [4.78, 5) is 8.65. The molecule has 0 amide bonds. The van der Waals surface area contributed by atoms with E-state index in [0.29, 0.717) is 5.95 Å². The third-order valence-corrected chi connectivity index (χ3v) is 3.72. The highest BCUT2D eigenvalue weighted by atomic mass is 15.4. The van der Waals surface area contributed by atoms with Crippen LogP contribution in [-0.4, -0.2) is 15.7 Å². The fourth-order valence-electron chi connectivity index (χ4n) is 2.51. The lowest BCUT2D eigenvalue weighted by Crippen LogP contribution is -2.03. The molecule has 4 heteroatoms. The summed E-state index contributed by atoms with van der Waals surface area (Å²) >= 11 is 0. The minimum atomic E-state index is 0.521.